The minimum atomic E-state index is 0.404. The van der Waals surface area contributed by atoms with Gasteiger partial charge >= 0.3 is 0 Å². The summed E-state index contributed by atoms with van der Waals surface area (Å²) < 4.78 is 1.09. The van der Waals surface area contributed by atoms with Crippen molar-refractivity contribution in [2.75, 3.05) is 18.5 Å². The Hall–Kier alpha value is -1.93. The highest BCUT2D eigenvalue weighted by molar-refractivity contribution is 9.10. The molecule has 0 saturated heterocycles. The van der Waals surface area contributed by atoms with Crippen molar-refractivity contribution in [1.29, 1.82) is 5.26 Å². The van der Waals surface area contributed by atoms with Gasteiger partial charge in [-0.1, -0.05) is 28.1 Å². The highest BCUT2D eigenvalue weighted by Gasteiger charge is 2.06. The van der Waals surface area contributed by atoms with E-state index in [9.17, 15) is 0 Å². The first-order valence-corrected chi connectivity index (χ1v) is 7.09. The molecule has 102 valence electrons. The van der Waals surface area contributed by atoms with Gasteiger partial charge in [-0.05, 0) is 31.0 Å². The predicted molar refractivity (Wildman–Crippen MR) is 82.6 cm³/mol. The summed E-state index contributed by atoms with van der Waals surface area (Å²) in [7, 11) is 1.97. The molecule has 0 fully saturated rings. The molecular weight excluding hydrogens is 316 g/mol. The van der Waals surface area contributed by atoms with Crippen LogP contribution in [-0.4, -0.2) is 23.6 Å². The summed E-state index contributed by atoms with van der Waals surface area (Å²) in [6.07, 6.45) is 0.918. The average molecular weight is 331 g/mol. The zero-order chi connectivity index (χ0) is 14.5. The zero-order valence-electron chi connectivity index (χ0n) is 11.5. The summed E-state index contributed by atoms with van der Waals surface area (Å²) >= 11 is 3.47. The van der Waals surface area contributed by atoms with E-state index in [2.05, 4.69) is 44.1 Å². The first-order valence-electron chi connectivity index (χ1n) is 6.30. The highest BCUT2D eigenvalue weighted by atomic mass is 79.9. The SMILES string of the molecule is Cc1nc(C#N)cc(N(C)CCc2cccc(Br)c2)n1. The molecule has 1 heterocycles. The van der Waals surface area contributed by atoms with Gasteiger partial charge in [0.15, 0.2) is 0 Å². The summed E-state index contributed by atoms with van der Waals surface area (Å²) in [5, 5.41) is 8.94. The number of anilines is 1. The number of nitriles is 1. The first-order chi connectivity index (χ1) is 9.58. The van der Waals surface area contributed by atoms with Crippen LogP contribution < -0.4 is 4.90 Å². The van der Waals surface area contributed by atoms with Gasteiger partial charge in [0.1, 0.15) is 23.4 Å². The van der Waals surface area contributed by atoms with Crippen LogP contribution in [0.3, 0.4) is 0 Å². The number of nitrogens with zero attached hydrogens (tertiary/aromatic N) is 4. The standard InChI is InChI=1S/C15H15BrN4/c1-11-18-14(10-17)9-15(19-11)20(2)7-6-12-4-3-5-13(16)8-12/h3-5,8-9H,6-7H2,1-2H3. The number of aromatic nitrogens is 2. The van der Waals surface area contributed by atoms with Crippen molar-refractivity contribution in [3.63, 3.8) is 0 Å². The van der Waals surface area contributed by atoms with E-state index in [-0.39, 0.29) is 0 Å². The second-order valence-corrected chi connectivity index (χ2v) is 5.49. The van der Waals surface area contributed by atoms with Gasteiger partial charge in [-0.25, -0.2) is 9.97 Å². The molecule has 0 aliphatic heterocycles. The number of benzene rings is 1. The molecule has 5 heteroatoms. The molecule has 1 aromatic heterocycles. The molecule has 0 atom stereocenters. The highest BCUT2D eigenvalue weighted by Crippen LogP contribution is 2.14. The monoisotopic (exact) mass is 330 g/mol. The summed E-state index contributed by atoms with van der Waals surface area (Å²) in [6.45, 7) is 2.63. The van der Waals surface area contributed by atoms with E-state index in [4.69, 9.17) is 5.26 Å². The fraction of sp³-hybridized carbons (Fsp3) is 0.267. The molecular formula is C15H15BrN4. The Morgan fingerprint density at radius 2 is 2.10 bits per heavy atom. The number of hydrogen-bond acceptors (Lipinski definition) is 4. The van der Waals surface area contributed by atoms with E-state index in [1.165, 1.54) is 5.56 Å². The predicted octanol–water partition coefficient (Wildman–Crippen LogP) is 3.10. The largest absolute Gasteiger partial charge is 0.359 e. The van der Waals surface area contributed by atoms with E-state index >= 15 is 0 Å². The fourth-order valence-corrected chi connectivity index (χ4v) is 2.36. The Balaban J connectivity index is 2.07. The number of likely N-dealkylation sites (N-methyl/N-ethyl adjacent to an activating group) is 1. The third kappa shape index (κ3) is 3.78. The van der Waals surface area contributed by atoms with Gasteiger partial charge < -0.3 is 4.90 Å². The van der Waals surface area contributed by atoms with Gasteiger partial charge in [0.2, 0.25) is 0 Å². The summed E-state index contributed by atoms with van der Waals surface area (Å²) in [6, 6.07) is 12.0. The van der Waals surface area contributed by atoms with Crippen LogP contribution in [0.4, 0.5) is 5.82 Å². The molecule has 0 aliphatic carbocycles. The van der Waals surface area contributed by atoms with E-state index < -0.39 is 0 Å². The lowest BCUT2D eigenvalue weighted by molar-refractivity contribution is 0.846. The van der Waals surface area contributed by atoms with E-state index in [0.29, 0.717) is 11.5 Å². The smallest absolute Gasteiger partial charge is 0.146 e. The summed E-state index contributed by atoms with van der Waals surface area (Å²) in [5.41, 5.74) is 1.67. The molecule has 20 heavy (non-hydrogen) atoms. The molecule has 0 radical (unpaired) electrons. The Morgan fingerprint density at radius 1 is 1.30 bits per heavy atom. The lowest BCUT2D eigenvalue weighted by atomic mass is 10.1. The molecule has 2 rings (SSSR count). The van der Waals surface area contributed by atoms with E-state index in [1.54, 1.807) is 13.0 Å². The molecule has 0 aliphatic rings. The van der Waals surface area contributed by atoms with Gasteiger partial charge in [0.25, 0.3) is 0 Å². The number of aryl methyl sites for hydroxylation is 1. The minimum Gasteiger partial charge on any atom is -0.359 e. The molecule has 4 nitrogen and oxygen atoms in total. The second-order valence-electron chi connectivity index (χ2n) is 4.57. The van der Waals surface area contributed by atoms with Crippen molar-refractivity contribution >= 4 is 21.7 Å². The molecule has 0 unspecified atom stereocenters. The van der Waals surface area contributed by atoms with Crippen LogP contribution in [0.2, 0.25) is 0 Å². The van der Waals surface area contributed by atoms with Crippen molar-refractivity contribution in [3.05, 3.63) is 51.9 Å². The second kappa shape index (κ2) is 6.49. The summed E-state index contributed by atoms with van der Waals surface area (Å²) in [4.78, 5) is 10.5. The van der Waals surface area contributed by atoms with Crippen molar-refractivity contribution in [1.82, 2.24) is 9.97 Å². The normalized spacial score (nSPS) is 10.1. The Labute approximate surface area is 127 Å². The Kier molecular flexibility index (Phi) is 4.70. The third-order valence-electron chi connectivity index (χ3n) is 2.95. The Bertz CT molecular complexity index is 649. The molecule has 2 aromatic rings. The Morgan fingerprint density at radius 3 is 2.80 bits per heavy atom. The van der Waals surface area contributed by atoms with Gasteiger partial charge in [-0.2, -0.15) is 5.26 Å². The molecule has 0 N–H and O–H groups in total. The number of rotatable bonds is 4. The van der Waals surface area contributed by atoms with Gasteiger partial charge in [0.05, 0.1) is 0 Å². The summed E-state index contributed by atoms with van der Waals surface area (Å²) in [5.74, 6) is 1.40. The lowest BCUT2D eigenvalue weighted by Crippen LogP contribution is -2.22. The first kappa shape index (κ1) is 14.5. The average Bonchev–Trinajstić information content (AvgIpc) is 2.44. The van der Waals surface area contributed by atoms with Crippen molar-refractivity contribution in [2.24, 2.45) is 0 Å². The maximum atomic E-state index is 8.94. The van der Waals surface area contributed by atoms with Gasteiger partial charge in [0, 0.05) is 24.1 Å². The van der Waals surface area contributed by atoms with Crippen LogP contribution in [0.15, 0.2) is 34.8 Å². The number of hydrogen-bond donors (Lipinski definition) is 0. The molecule has 0 amide bonds. The maximum absolute atomic E-state index is 8.94. The van der Waals surface area contributed by atoms with Gasteiger partial charge in [-0.15, -0.1) is 0 Å². The van der Waals surface area contributed by atoms with Crippen LogP contribution in [0.25, 0.3) is 0 Å². The van der Waals surface area contributed by atoms with E-state index in [0.717, 1.165) is 23.3 Å². The maximum Gasteiger partial charge on any atom is 0.146 e. The van der Waals surface area contributed by atoms with Crippen molar-refractivity contribution in [2.45, 2.75) is 13.3 Å². The van der Waals surface area contributed by atoms with Crippen LogP contribution in [0.1, 0.15) is 17.1 Å². The zero-order valence-corrected chi connectivity index (χ0v) is 13.1. The molecule has 0 bridgehead atoms. The topological polar surface area (TPSA) is 52.8 Å². The molecule has 1 aromatic carbocycles. The van der Waals surface area contributed by atoms with Gasteiger partial charge in [-0.3, -0.25) is 0 Å². The quantitative estimate of drug-likeness (QED) is 0.864. The van der Waals surface area contributed by atoms with Crippen molar-refractivity contribution < 1.29 is 0 Å². The van der Waals surface area contributed by atoms with Crippen molar-refractivity contribution in [3.8, 4) is 6.07 Å². The minimum absolute atomic E-state index is 0.404. The van der Waals surface area contributed by atoms with Crippen LogP contribution in [-0.2, 0) is 6.42 Å². The molecule has 0 saturated carbocycles. The number of halogens is 1. The van der Waals surface area contributed by atoms with Crippen LogP contribution >= 0.6 is 15.9 Å². The van der Waals surface area contributed by atoms with Crippen LogP contribution in [0.5, 0.6) is 0 Å². The molecule has 0 spiro atoms. The lowest BCUT2D eigenvalue weighted by Gasteiger charge is -2.18. The van der Waals surface area contributed by atoms with Crippen LogP contribution in [0, 0.1) is 18.3 Å². The van der Waals surface area contributed by atoms with E-state index in [1.807, 2.05) is 24.1 Å². The third-order valence-corrected chi connectivity index (χ3v) is 3.45. The fourth-order valence-electron chi connectivity index (χ4n) is 1.91.